The average molecular weight is 484 g/mol. The lowest BCUT2D eigenvalue weighted by atomic mass is 10.1. The molecule has 8 heteroatoms. The van der Waals surface area contributed by atoms with Crippen molar-refractivity contribution in [3.63, 3.8) is 0 Å². The van der Waals surface area contributed by atoms with Gasteiger partial charge in [-0.3, -0.25) is 14.5 Å². The average Bonchev–Trinajstić information content (AvgIpc) is 3.33. The molecule has 0 unspecified atom stereocenters. The molecule has 152 valence electrons. The van der Waals surface area contributed by atoms with E-state index in [9.17, 15) is 9.59 Å². The summed E-state index contributed by atoms with van der Waals surface area (Å²) in [6.45, 7) is 0.303. The van der Waals surface area contributed by atoms with E-state index in [1.54, 1.807) is 29.4 Å². The van der Waals surface area contributed by atoms with Crippen molar-refractivity contribution in [3.05, 3.63) is 83.2 Å². The van der Waals surface area contributed by atoms with Crippen LogP contribution in [0.15, 0.2) is 81.9 Å². The zero-order chi connectivity index (χ0) is 21.1. The lowest BCUT2D eigenvalue weighted by molar-refractivity contribution is -0.124. The summed E-state index contributed by atoms with van der Waals surface area (Å²) in [5.41, 5.74) is 1.33. The third-order valence-electron chi connectivity index (χ3n) is 4.75. The molecule has 0 spiro atoms. The molecule has 1 aliphatic heterocycles. The van der Waals surface area contributed by atoms with Gasteiger partial charge >= 0.3 is 0 Å². The third-order valence-corrected chi connectivity index (χ3v) is 5.69. The molecule has 1 fully saturated rings. The minimum atomic E-state index is -0.724. The Bertz CT molecular complexity index is 1060. The normalized spacial score (nSPS) is 16.2. The van der Waals surface area contributed by atoms with Crippen LogP contribution < -0.4 is 10.2 Å². The molecule has 6 nitrogen and oxygen atoms in total. The predicted octanol–water partition coefficient (Wildman–Crippen LogP) is 4.57. The first-order chi connectivity index (χ1) is 14.5. The van der Waals surface area contributed by atoms with Gasteiger partial charge in [-0.05, 0) is 60.7 Å². The molecule has 0 saturated carbocycles. The molecule has 0 bridgehead atoms. The fourth-order valence-corrected chi connectivity index (χ4v) is 3.97. The molecule has 4 rings (SSSR count). The minimum absolute atomic E-state index is 0.0287. The number of carbonyl (C=O) groups is 2. The standard InChI is InChI=1S/C22H18BrN3O3S/c23-15-8-10-16(11-9-15)24-20(27)13-19-21(28)26(17-5-2-1-3-6-17)22(30)25(19)14-18-7-4-12-29-18/h1-12,19H,13-14H2,(H,24,27)/t19-/m0/s1. The number of benzene rings is 2. The maximum absolute atomic E-state index is 13.3. The SMILES string of the molecule is O=C(C[C@H]1C(=O)N(c2ccccc2)C(=S)N1Cc1ccco1)Nc1ccc(Br)cc1. The fraction of sp³-hybridized carbons (Fsp3) is 0.136. The zero-order valence-electron chi connectivity index (χ0n) is 15.8. The summed E-state index contributed by atoms with van der Waals surface area (Å²) in [4.78, 5) is 29.2. The number of nitrogens with zero attached hydrogens (tertiary/aromatic N) is 2. The predicted molar refractivity (Wildman–Crippen MR) is 122 cm³/mol. The molecular weight excluding hydrogens is 466 g/mol. The van der Waals surface area contributed by atoms with Gasteiger partial charge in [0.05, 0.1) is 24.9 Å². The molecule has 2 amide bonds. The second kappa shape index (κ2) is 8.81. The highest BCUT2D eigenvalue weighted by molar-refractivity contribution is 9.10. The zero-order valence-corrected chi connectivity index (χ0v) is 18.2. The first-order valence-corrected chi connectivity index (χ1v) is 10.5. The van der Waals surface area contributed by atoms with Crippen molar-refractivity contribution in [2.24, 2.45) is 0 Å². The van der Waals surface area contributed by atoms with Crippen molar-refractivity contribution in [1.29, 1.82) is 0 Å². The Labute approximate surface area is 187 Å². The van der Waals surface area contributed by atoms with Crippen molar-refractivity contribution in [2.75, 3.05) is 10.2 Å². The van der Waals surface area contributed by atoms with Crippen LogP contribution in [-0.2, 0) is 16.1 Å². The summed E-state index contributed by atoms with van der Waals surface area (Å²) in [5.74, 6) is 0.167. The van der Waals surface area contributed by atoms with Crippen LogP contribution in [0.2, 0.25) is 0 Å². The first kappa shape index (κ1) is 20.3. The monoisotopic (exact) mass is 483 g/mol. The van der Waals surface area contributed by atoms with Gasteiger partial charge in [0.25, 0.3) is 5.91 Å². The van der Waals surface area contributed by atoms with Crippen molar-refractivity contribution in [1.82, 2.24) is 4.90 Å². The maximum Gasteiger partial charge on any atom is 0.256 e. The molecule has 1 N–H and O–H groups in total. The summed E-state index contributed by atoms with van der Waals surface area (Å²) >= 11 is 8.99. The van der Waals surface area contributed by atoms with E-state index in [0.717, 1.165) is 4.47 Å². The van der Waals surface area contributed by atoms with Gasteiger partial charge in [0, 0.05) is 10.2 Å². The Hall–Kier alpha value is -2.97. The Morgan fingerprint density at radius 2 is 1.80 bits per heavy atom. The number of furan rings is 1. The molecule has 3 aromatic rings. The van der Waals surface area contributed by atoms with E-state index in [4.69, 9.17) is 16.6 Å². The summed E-state index contributed by atoms with van der Waals surface area (Å²) < 4.78 is 6.36. The number of carbonyl (C=O) groups excluding carboxylic acids is 2. The van der Waals surface area contributed by atoms with Crippen LogP contribution >= 0.6 is 28.1 Å². The number of nitrogens with one attached hydrogen (secondary N) is 1. The van der Waals surface area contributed by atoms with Gasteiger partial charge < -0.3 is 14.6 Å². The quantitative estimate of drug-likeness (QED) is 0.520. The van der Waals surface area contributed by atoms with Crippen molar-refractivity contribution in [2.45, 2.75) is 19.0 Å². The van der Waals surface area contributed by atoms with Gasteiger partial charge in [-0.2, -0.15) is 0 Å². The van der Waals surface area contributed by atoms with Gasteiger partial charge in [-0.1, -0.05) is 34.1 Å². The van der Waals surface area contributed by atoms with Gasteiger partial charge in [0.15, 0.2) is 5.11 Å². The topological polar surface area (TPSA) is 65.8 Å². The minimum Gasteiger partial charge on any atom is -0.467 e. The number of thiocarbonyl (C=S) groups is 1. The van der Waals surface area contributed by atoms with Gasteiger partial charge in [0.1, 0.15) is 11.8 Å². The van der Waals surface area contributed by atoms with Gasteiger partial charge in [-0.25, -0.2) is 0 Å². The molecule has 2 aromatic carbocycles. The van der Waals surface area contributed by atoms with Crippen LogP contribution in [0.5, 0.6) is 0 Å². The number of hydrogen-bond acceptors (Lipinski definition) is 4. The summed E-state index contributed by atoms with van der Waals surface area (Å²) in [6, 6.07) is 19.3. The fourth-order valence-electron chi connectivity index (χ4n) is 3.32. The molecule has 30 heavy (non-hydrogen) atoms. The summed E-state index contributed by atoms with van der Waals surface area (Å²) in [7, 11) is 0. The number of halogens is 1. The van der Waals surface area contributed by atoms with E-state index in [-0.39, 0.29) is 18.2 Å². The first-order valence-electron chi connectivity index (χ1n) is 9.30. The lowest BCUT2D eigenvalue weighted by Gasteiger charge is -2.22. The van der Waals surface area contributed by atoms with E-state index in [2.05, 4.69) is 21.2 Å². The Kier molecular flexibility index (Phi) is 5.96. The second-order valence-electron chi connectivity index (χ2n) is 6.77. The van der Waals surface area contributed by atoms with Crippen LogP contribution in [0, 0.1) is 0 Å². The summed E-state index contributed by atoms with van der Waals surface area (Å²) in [6.07, 6.45) is 1.54. The molecule has 0 aliphatic carbocycles. The van der Waals surface area contributed by atoms with Crippen molar-refractivity contribution in [3.8, 4) is 0 Å². The molecule has 1 atom stereocenters. The number of hydrogen-bond donors (Lipinski definition) is 1. The highest BCUT2D eigenvalue weighted by Crippen LogP contribution is 2.29. The molecule has 2 heterocycles. The second-order valence-corrected chi connectivity index (χ2v) is 8.05. The van der Waals surface area contributed by atoms with E-state index >= 15 is 0 Å². The van der Waals surface area contributed by atoms with Crippen LogP contribution in [0.25, 0.3) is 0 Å². The maximum atomic E-state index is 13.3. The van der Waals surface area contributed by atoms with Crippen LogP contribution in [0.3, 0.4) is 0 Å². The van der Waals surface area contributed by atoms with Crippen LogP contribution in [0.4, 0.5) is 11.4 Å². The highest BCUT2D eigenvalue weighted by atomic mass is 79.9. The molecule has 1 aliphatic rings. The van der Waals surface area contributed by atoms with E-state index < -0.39 is 6.04 Å². The Morgan fingerprint density at radius 3 is 2.47 bits per heavy atom. The van der Waals surface area contributed by atoms with Gasteiger partial charge in [-0.15, -0.1) is 0 Å². The molecule has 1 saturated heterocycles. The van der Waals surface area contributed by atoms with Crippen molar-refractivity contribution < 1.29 is 14.0 Å². The van der Waals surface area contributed by atoms with E-state index in [1.807, 2.05) is 48.5 Å². The number of anilines is 2. The van der Waals surface area contributed by atoms with Gasteiger partial charge in [0.2, 0.25) is 5.91 Å². The summed E-state index contributed by atoms with van der Waals surface area (Å²) in [5, 5.41) is 3.19. The number of amides is 2. The highest BCUT2D eigenvalue weighted by Gasteiger charge is 2.44. The molecule has 0 radical (unpaired) electrons. The lowest BCUT2D eigenvalue weighted by Crippen LogP contribution is -2.37. The Balaban J connectivity index is 1.57. The van der Waals surface area contributed by atoms with E-state index in [0.29, 0.717) is 28.8 Å². The van der Waals surface area contributed by atoms with Crippen molar-refractivity contribution >= 4 is 56.4 Å². The number of rotatable bonds is 6. The Morgan fingerprint density at radius 1 is 1.07 bits per heavy atom. The number of para-hydroxylation sites is 1. The van der Waals surface area contributed by atoms with Crippen LogP contribution in [0.1, 0.15) is 12.2 Å². The van der Waals surface area contributed by atoms with Crippen LogP contribution in [-0.4, -0.2) is 27.9 Å². The largest absolute Gasteiger partial charge is 0.467 e. The van der Waals surface area contributed by atoms with E-state index in [1.165, 1.54) is 4.90 Å². The third kappa shape index (κ3) is 4.29. The smallest absolute Gasteiger partial charge is 0.256 e. The molecule has 1 aromatic heterocycles. The molecular formula is C22H18BrN3O3S.